The molecule has 2 aromatic carbocycles. The van der Waals surface area contributed by atoms with Crippen LogP contribution in [0, 0.1) is 12.8 Å². The van der Waals surface area contributed by atoms with Gasteiger partial charge in [0.05, 0.1) is 12.6 Å². The van der Waals surface area contributed by atoms with Crippen LogP contribution in [0.25, 0.3) is 5.57 Å². The molecule has 3 nitrogen and oxygen atoms in total. The van der Waals surface area contributed by atoms with Crippen molar-refractivity contribution in [3.63, 3.8) is 0 Å². The summed E-state index contributed by atoms with van der Waals surface area (Å²) in [4.78, 5) is 7.60. The molecule has 3 heteroatoms. The van der Waals surface area contributed by atoms with Gasteiger partial charge >= 0.3 is 0 Å². The van der Waals surface area contributed by atoms with Gasteiger partial charge in [-0.2, -0.15) is 0 Å². The van der Waals surface area contributed by atoms with E-state index in [4.69, 9.17) is 9.73 Å². The van der Waals surface area contributed by atoms with E-state index in [1.165, 1.54) is 16.7 Å². The first kappa shape index (κ1) is 21.3. The van der Waals surface area contributed by atoms with Crippen LogP contribution in [-0.2, 0) is 4.74 Å². The number of aliphatic imine (C=N–C) groups is 1. The number of ether oxygens (including phenoxy) is 1. The van der Waals surface area contributed by atoms with E-state index in [0.29, 0.717) is 18.6 Å². The highest BCUT2D eigenvalue weighted by Crippen LogP contribution is 2.30. The monoisotopic (exact) mass is 390 g/mol. The second-order valence-electron chi connectivity index (χ2n) is 8.40. The molecule has 2 aromatic rings. The maximum Gasteiger partial charge on any atom is 0.135 e. The Morgan fingerprint density at radius 2 is 1.90 bits per heavy atom. The fourth-order valence-corrected chi connectivity index (χ4v) is 3.78. The van der Waals surface area contributed by atoms with E-state index < -0.39 is 0 Å². The lowest BCUT2D eigenvalue weighted by atomic mass is 9.94. The predicted molar refractivity (Wildman–Crippen MR) is 123 cm³/mol. The Morgan fingerprint density at radius 3 is 2.55 bits per heavy atom. The summed E-state index contributed by atoms with van der Waals surface area (Å²) in [5.74, 6) is 1.45. The number of rotatable bonds is 6. The van der Waals surface area contributed by atoms with E-state index in [1.54, 1.807) is 7.11 Å². The van der Waals surface area contributed by atoms with E-state index in [1.807, 2.05) is 0 Å². The average molecular weight is 391 g/mol. The lowest BCUT2D eigenvalue weighted by Gasteiger charge is -2.35. The zero-order valence-electron chi connectivity index (χ0n) is 18.4. The summed E-state index contributed by atoms with van der Waals surface area (Å²) in [7, 11) is 1.76. The van der Waals surface area contributed by atoms with E-state index in [-0.39, 0.29) is 6.04 Å². The van der Waals surface area contributed by atoms with Crippen LogP contribution >= 0.6 is 0 Å². The lowest BCUT2D eigenvalue weighted by Crippen LogP contribution is -2.39. The molecule has 0 aromatic heterocycles. The molecule has 154 valence electrons. The molecule has 0 fully saturated rings. The van der Waals surface area contributed by atoms with Crippen molar-refractivity contribution in [1.29, 1.82) is 0 Å². The summed E-state index contributed by atoms with van der Waals surface area (Å²) in [6.45, 7) is 9.50. The third-order valence-electron chi connectivity index (χ3n) is 5.66. The molecule has 29 heavy (non-hydrogen) atoms. The summed E-state index contributed by atoms with van der Waals surface area (Å²) in [6.07, 6.45) is 4.52. The summed E-state index contributed by atoms with van der Waals surface area (Å²) in [5.41, 5.74) is 5.14. The van der Waals surface area contributed by atoms with Gasteiger partial charge in [0.1, 0.15) is 5.84 Å². The van der Waals surface area contributed by atoms with E-state index in [0.717, 1.165) is 24.2 Å². The fourth-order valence-electron chi connectivity index (χ4n) is 3.78. The molecule has 3 rings (SSSR count). The molecule has 0 amide bonds. The third-order valence-corrected chi connectivity index (χ3v) is 5.66. The minimum absolute atomic E-state index is 0.125. The second kappa shape index (κ2) is 9.89. The van der Waals surface area contributed by atoms with Gasteiger partial charge in [0.25, 0.3) is 0 Å². The van der Waals surface area contributed by atoms with Crippen molar-refractivity contribution >= 4 is 11.4 Å². The van der Waals surface area contributed by atoms with Crippen LogP contribution in [0.3, 0.4) is 0 Å². The van der Waals surface area contributed by atoms with E-state index in [9.17, 15) is 0 Å². The van der Waals surface area contributed by atoms with Gasteiger partial charge in [0.15, 0.2) is 0 Å². The summed E-state index contributed by atoms with van der Waals surface area (Å²) >= 11 is 0. The van der Waals surface area contributed by atoms with Gasteiger partial charge in [0, 0.05) is 24.9 Å². The molecular weight excluding hydrogens is 356 g/mol. The summed E-state index contributed by atoms with van der Waals surface area (Å²) < 4.78 is 5.48. The number of amidine groups is 1. The molecule has 1 aliphatic rings. The maximum absolute atomic E-state index is 5.48. The van der Waals surface area contributed by atoms with Gasteiger partial charge in [-0.15, -0.1) is 0 Å². The fraction of sp³-hybridized carbons (Fsp3) is 0.423. The molecule has 0 N–H and O–H groups in total. The smallest absolute Gasteiger partial charge is 0.135 e. The van der Waals surface area contributed by atoms with Crippen LogP contribution in [0.15, 0.2) is 65.8 Å². The second-order valence-corrected chi connectivity index (χ2v) is 8.40. The van der Waals surface area contributed by atoms with Gasteiger partial charge in [-0.05, 0) is 43.7 Å². The Kier molecular flexibility index (Phi) is 7.27. The molecule has 1 heterocycles. The standard InChI is InChI=1S/C26H34N2O/c1-19(2)25(18-29-5)27-26(22-11-7-6-8-12-22)28-17-24(15-14-21(28)4)23-13-9-10-20(3)16-23/h6-13,16-17,19,21,25H,14-15,18H2,1-5H3/t21-,25-/m1/s1. The molecule has 0 bridgehead atoms. The molecular formula is C26H34N2O. The number of allylic oxidation sites excluding steroid dienone is 1. The molecule has 2 atom stereocenters. The first-order chi connectivity index (χ1) is 14.0. The lowest BCUT2D eigenvalue weighted by molar-refractivity contribution is 0.164. The quantitative estimate of drug-likeness (QED) is 0.450. The van der Waals surface area contributed by atoms with Crippen molar-refractivity contribution in [2.24, 2.45) is 10.9 Å². The van der Waals surface area contributed by atoms with Gasteiger partial charge in [0.2, 0.25) is 0 Å². The molecule has 0 aliphatic carbocycles. The molecule has 0 radical (unpaired) electrons. The van der Waals surface area contributed by atoms with Crippen molar-refractivity contribution in [3.8, 4) is 0 Å². The number of aryl methyl sites for hydroxylation is 1. The van der Waals surface area contributed by atoms with Crippen molar-refractivity contribution in [2.75, 3.05) is 13.7 Å². The first-order valence-corrected chi connectivity index (χ1v) is 10.7. The Morgan fingerprint density at radius 1 is 1.14 bits per heavy atom. The van der Waals surface area contributed by atoms with Crippen molar-refractivity contribution in [2.45, 2.75) is 52.6 Å². The van der Waals surface area contributed by atoms with Gasteiger partial charge in [-0.3, -0.25) is 4.99 Å². The largest absolute Gasteiger partial charge is 0.382 e. The average Bonchev–Trinajstić information content (AvgIpc) is 2.72. The molecule has 1 aliphatic heterocycles. The number of methoxy groups -OCH3 is 1. The van der Waals surface area contributed by atoms with E-state index >= 15 is 0 Å². The zero-order valence-corrected chi connectivity index (χ0v) is 18.4. The normalized spacial score (nSPS) is 18.7. The Balaban J connectivity index is 2.06. The molecule has 0 saturated carbocycles. The Bertz CT molecular complexity index is 854. The number of benzene rings is 2. The molecule has 0 saturated heterocycles. The van der Waals surface area contributed by atoms with Gasteiger partial charge in [-0.1, -0.05) is 74.0 Å². The zero-order chi connectivity index (χ0) is 20.8. The highest BCUT2D eigenvalue weighted by atomic mass is 16.5. The maximum atomic E-state index is 5.48. The molecule has 0 spiro atoms. The van der Waals surface area contributed by atoms with Crippen molar-refractivity contribution in [3.05, 3.63) is 77.5 Å². The topological polar surface area (TPSA) is 24.8 Å². The highest BCUT2D eigenvalue weighted by molar-refractivity contribution is 6.00. The van der Waals surface area contributed by atoms with Crippen LogP contribution < -0.4 is 0 Å². The van der Waals surface area contributed by atoms with Crippen LogP contribution in [0.4, 0.5) is 0 Å². The number of hydrogen-bond acceptors (Lipinski definition) is 2. The van der Waals surface area contributed by atoms with Crippen LogP contribution in [-0.4, -0.2) is 36.5 Å². The van der Waals surface area contributed by atoms with Crippen molar-refractivity contribution in [1.82, 2.24) is 4.90 Å². The van der Waals surface area contributed by atoms with E-state index in [2.05, 4.69) is 93.4 Å². The van der Waals surface area contributed by atoms with Crippen LogP contribution in [0.1, 0.15) is 50.3 Å². The van der Waals surface area contributed by atoms with Gasteiger partial charge < -0.3 is 9.64 Å². The van der Waals surface area contributed by atoms with Gasteiger partial charge in [-0.25, -0.2) is 0 Å². The minimum atomic E-state index is 0.125. The third kappa shape index (κ3) is 5.36. The summed E-state index contributed by atoms with van der Waals surface area (Å²) in [5, 5.41) is 0. The van der Waals surface area contributed by atoms with Crippen molar-refractivity contribution < 1.29 is 4.74 Å². The SMILES string of the molecule is COC[C@@H](N=C(c1ccccc1)N1C=C(c2cccc(C)c2)CC[C@H]1C)C(C)C. The van der Waals surface area contributed by atoms with Crippen LogP contribution in [0.5, 0.6) is 0 Å². The predicted octanol–water partition coefficient (Wildman–Crippen LogP) is 5.94. The summed E-state index contributed by atoms with van der Waals surface area (Å²) in [6, 6.07) is 19.9. The number of hydrogen-bond donors (Lipinski definition) is 0. The van der Waals surface area contributed by atoms with Crippen LogP contribution in [0.2, 0.25) is 0 Å². The minimum Gasteiger partial charge on any atom is -0.382 e. The Hall–Kier alpha value is -2.39. The number of nitrogens with zero attached hydrogens (tertiary/aromatic N) is 2. The first-order valence-electron chi connectivity index (χ1n) is 10.7. The Labute approximate surface area is 176 Å². The molecule has 0 unspecified atom stereocenters. The highest BCUT2D eigenvalue weighted by Gasteiger charge is 2.25.